The Labute approximate surface area is 130 Å². The van der Waals surface area contributed by atoms with Gasteiger partial charge in [-0.1, -0.05) is 38.4 Å². The normalized spacial score (nSPS) is 21.3. The molecule has 0 radical (unpaired) electrons. The summed E-state index contributed by atoms with van der Waals surface area (Å²) >= 11 is 6.04. The molecule has 114 valence electrons. The lowest BCUT2D eigenvalue weighted by Gasteiger charge is -2.45. The van der Waals surface area contributed by atoms with Gasteiger partial charge in [0.2, 0.25) is 5.91 Å². The number of piperazine rings is 1. The minimum Gasteiger partial charge on any atom is -0.340 e. The summed E-state index contributed by atoms with van der Waals surface area (Å²) in [6.45, 7) is 5.74. The van der Waals surface area contributed by atoms with Crippen molar-refractivity contribution >= 4 is 29.1 Å². The second kappa shape index (κ2) is 6.06. The molecule has 1 heterocycles. The third-order valence-electron chi connectivity index (χ3n) is 4.29. The first-order chi connectivity index (χ1) is 9.99. The van der Waals surface area contributed by atoms with Gasteiger partial charge >= 0.3 is 0 Å². The maximum atomic E-state index is 13.0. The molecule has 1 saturated heterocycles. The summed E-state index contributed by atoms with van der Waals surface area (Å²) < 4.78 is 0. The molecule has 0 aromatic heterocycles. The molecule has 1 aliphatic heterocycles. The first-order valence-corrected chi connectivity index (χ1v) is 7.78. The Kier molecular flexibility index (Phi) is 4.57. The fourth-order valence-corrected chi connectivity index (χ4v) is 3.07. The van der Waals surface area contributed by atoms with E-state index in [4.69, 9.17) is 11.6 Å². The van der Waals surface area contributed by atoms with E-state index in [-0.39, 0.29) is 11.8 Å². The van der Waals surface area contributed by atoms with Crippen molar-refractivity contribution in [1.82, 2.24) is 5.32 Å². The second-order valence-corrected chi connectivity index (χ2v) is 5.79. The fraction of sp³-hybridized carbons (Fsp3) is 0.500. The summed E-state index contributed by atoms with van der Waals surface area (Å²) in [5.74, 6) is -0.151. The lowest BCUT2D eigenvalue weighted by atomic mass is 9.86. The van der Waals surface area contributed by atoms with Gasteiger partial charge in [0.1, 0.15) is 11.6 Å². The van der Waals surface area contributed by atoms with E-state index >= 15 is 0 Å². The van der Waals surface area contributed by atoms with Crippen molar-refractivity contribution in [3.8, 4) is 0 Å². The number of nitrogens with one attached hydrogen (secondary N) is 1. The molecule has 0 spiro atoms. The van der Waals surface area contributed by atoms with Crippen LogP contribution in [0, 0.1) is 0 Å². The first kappa shape index (κ1) is 15.8. The Morgan fingerprint density at radius 3 is 2.43 bits per heavy atom. The molecule has 1 N–H and O–H groups in total. The molecule has 1 unspecified atom stereocenters. The minimum absolute atomic E-state index is 0.0544. The van der Waals surface area contributed by atoms with Gasteiger partial charge in [-0.25, -0.2) is 0 Å². The summed E-state index contributed by atoms with van der Waals surface area (Å²) in [5, 5.41) is 3.49. The van der Waals surface area contributed by atoms with Crippen LogP contribution in [0.2, 0.25) is 5.02 Å². The van der Waals surface area contributed by atoms with E-state index in [2.05, 4.69) is 5.32 Å². The minimum atomic E-state index is -0.814. The van der Waals surface area contributed by atoms with Gasteiger partial charge in [-0.05, 0) is 37.5 Å². The second-order valence-electron chi connectivity index (χ2n) is 5.36. The molecule has 0 bridgehead atoms. The van der Waals surface area contributed by atoms with Crippen LogP contribution < -0.4 is 10.2 Å². The molecule has 0 saturated carbocycles. The van der Waals surface area contributed by atoms with Crippen molar-refractivity contribution in [2.75, 3.05) is 4.90 Å². The van der Waals surface area contributed by atoms with Gasteiger partial charge in [0.15, 0.2) is 0 Å². The highest BCUT2D eigenvalue weighted by Crippen LogP contribution is 2.31. The number of benzene rings is 1. The molecule has 2 rings (SSSR count). The van der Waals surface area contributed by atoms with Gasteiger partial charge in [-0.3, -0.25) is 14.5 Å². The van der Waals surface area contributed by atoms with Crippen molar-refractivity contribution in [3.63, 3.8) is 0 Å². The summed E-state index contributed by atoms with van der Waals surface area (Å²) in [5.41, 5.74) is -0.133. The van der Waals surface area contributed by atoms with E-state index in [1.165, 1.54) is 0 Å². The maximum Gasteiger partial charge on any atom is 0.253 e. The largest absolute Gasteiger partial charge is 0.340 e. The molecule has 1 aliphatic rings. The number of halogens is 1. The van der Waals surface area contributed by atoms with Gasteiger partial charge in [-0.15, -0.1) is 0 Å². The molecule has 1 aromatic rings. The average molecular weight is 309 g/mol. The summed E-state index contributed by atoms with van der Waals surface area (Å²) in [7, 11) is 0. The van der Waals surface area contributed by atoms with Gasteiger partial charge in [0, 0.05) is 10.7 Å². The molecule has 5 heteroatoms. The summed E-state index contributed by atoms with van der Waals surface area (Å²) in [6.07, 6.45) is 1.71. The van der Waals surface area contributed by atoms with Crippen molar-refractivity contribution in [1.29, 1.82) is 0 Å². The average Bonchev–Trinajstić information content (AvgIpc) is 2.48. The van der Waals surface area contributed by atoms with Crippen LogP contribution in [0.15, 0.2) is 24.3 Å². The molecule has 21 heavy (non-hydrogen) atoms. The molecule has 4 nitrogen and oxygen atoms in total. The molecule has 1 aromatic carbocycles. The highest BCUT2D eigenvalue weighted by atomic mass is 35.5. The van der Waals surface area contributed by atoms with E-state index in [1.807, 2.05) is 26.8 Å². The van der Waals surface area contributed by atoms with Crippen LogP contribution in [0.4, 0.5) is 5.69 Å². The van der Waals surface area contributed by atoms with Crippen LogP contribution in [0.3, 0.4) is 0 Å². The van der Waals surface area contributed by atoms with Crippen molar-refractivity contribution in [2.24, 2.45) is 0 Å². The highest BCUT2D eigenvalue weighted by Gasteiger charge is 2.48. The highest BCUT2D eigenvalue weighted by molar-refractivity contribution is 6.31. The molecule has 0 aliphatic carbocycles. The Balaban J connectivity index is 2.52. The number of carbonyl (C=O) groups is 2. The van der Waals surface area contributed by atoms with E-state index in [1.54, 1.807) is 23.1 Å². The third-order valence-corrected chi connectivity index (χ3v) is 4.52. The third kappa shape index (κ3) is 2.64. The Bertz CT molecular complexity index is 555. The topological polar surface area (TPSA) is 49.4 Å². The summed E-state index contributed by atoms with van der Waals surface area (Å²) in [6, 6.07) is 6.62. The van der Waals surface area contributed by atoms with Gasteiger partial charge in [0.05, 0.1) is 0 Å². The zero-order valence-corrected chi connectivity index (χ0v) is 13.4. The van der Waals surface area contributed by atoms with Crippen molar-refractivity contribution in [3.05, 3.63) is 29.3 Å². The van der Waals surface area contributed by atoms with Gasteiger partial charge < -0.3 is 5.32 Å². The molecular weight excluding hydrogens is 288 g/mol. The fourth-order valence-electron chi connectivity index (χ4n) is 2.88. The zero-order valence-electron chi connectivity index (χ0n) is 12.6. The maximum absolute atomic E-state index is 13.0. The number of hydrogen-bond donors (Lipinski definition) is 1. The number of rotatable bonds is 4. The lowest BCUT2D eigenvalue weighted by molar-refractivity contribution is -0.138. The van der Waals surface area contributed by atoms with Crippen LogP contribution in [-0.2, 0) is 9.59 Å². The smallest absolute Gasteiger partial charge is 0.253 e. The summed E-state index contributed by atoms with van der Waals surface area (Å²) in [4.78, 5) is 27.0. The molecule has 2 amide bonds. The SMILES string of the molecule is CCC1C(=O)NC(CC)(CC)C(=O)N1c1cccc(Cl)c1. The van der Waals surface area contributed by atoms with Crippen LogP contribution in [-0.4, -0.2) is 23.4 Å². The predicted octanol–water partition coefficient (Wildman–Crippen LogP) is 3.14. The number of amides is 2. The molecule has 1 fully saturated rings. The Hall–Kier alpha value is -1.55. The first-order valence-electron chi connectivity index (χ1n) is 7.40. The van der Waals surface area contributed by atoms with E-state index < -0.39 is 11.6 Å². The van der Waals surface area contributed by atoms with E-state index in [0.717, 1.165) is 0 Å². The monoisotopic (exact) mass is 308 g/mol. The quantitative estimate of drug-likeness (QED) is 0.929. The number of hydrogen-bond acceptors (Lipinski definition) is 2. The number of nitrogens with zero attached hydrogens (tertiary/aromatic N) is 1. The van der Waals surface area contributed by atoms with Crippen LogP contribution >= 0.6 is 11.6 Å². The Morgan fingerprint density at radius 1 is 1.24 bits per heavy atom. The van der Waals surface area contributed by atoms with Gasteiger partial charge in [0.25, 0.3) is 5.91 Å². The lowest BCUT2D eigenvalue weighted by Crippen LogP contribution is -2.70. The zero-order chi connectivity index (χ0) is 15.6. The van der Waals surface area contributed by atoms with Crippen molar-refractivity contribution in [2.45, 2.75) is 51.6 Å². The van der Waals surface area contributed by atoms with E-state index in [0.29, 0.717) is 30.0 Å². The van der Waals surface area contributed by atoms with Gasteiger partial charge in [-0.2, -0.15) is 0 Å². The van der Waals surface area contributed by atoms with Crippen LogP contribution in [0.5, 0.6) is 0 Å². The standard InChI is InChI=1S/C16H21ClN2O2/c1-4-13-14(20)18-16(5-2,6-3)15(21)19(13)12-9-7-8-11(17)10-12/h7-10,13H,4-6H2,1-3H3,(H,18,20). The van der Waals surface area contributed by atoms with Crippen LogP contribution in [0.25, 0.3) is 0 Å². The Morgan fingerprint density at radius 2 is 1.90 bits per heavy atom. The predicted molar refractivity (Wildman–Crippen MR) is 84.5 cm³/mol. The van der Waals surface area contributed by atoms with Crippen LogP contribution in [0.1, 0.15) is 40.0 Å². The molecular formula is C16H21ClN2O2. The van der Waals surface area contributed by atoms with Crippen molar-refractivity contribution < 1.29 is 9.59 Å². The number of carbonyl (C=O) groups excluding carboxylic acids is 2. The van der Waals surface area contributed by atoms with E-state index in [9.17, 15) is 9.59 Å². The number of anilines is 1. The molecule has 1 atom stereocenters.